The standard InChI is InChI=1S/C23H27N3O2S2/c1-6-11-26-22(28)18-10-12-29-21(18)25-23(26)30-13-19(27)24-20-16(14(2)3)8-7-9-17(20)15(4)5/h6-10,12,14-15H,1,11,13H2,2-5H3,(H,24,27). The highest BCUT2D eigenvalue weighted by molar-refractivity contribution is 7.99. The summed E-state index contributed by atoms with van der Waals surface area (Å²) < 4.78 is 1.57. The van der Waals surface area contributed by atoms with E-state index in [0.717, 1.165) is 16.8 Å². The molecule has 0 radical (unpaired) electrons. The molecule has 2 heterocycles. The summed E-state index contributed by atoms with van der Waals surface area (Å²) in [6.45, 7) is 12.6. The van der Waals surface area contributed by atoms with Gasteiger partial charge in [0.05, 0.1) is 11.1 Å². The van der Waals surface area contributed by atoms with Crippen LogP contribution >= 0.6 is 23.1 Å². The number of thioether (sulfide) groups is 1. The van der Waals surface area contributed by atoms with Crippen LogP contribution in [0.1, 0.15) is 50.7 Å². The summed E-state index contributed by atoms with van der Waals surface area (Å²) in [7, 11) is 0. The van der Waals surface area contributed by atoms with Gasteiger partial charge >= 0.3 is 0 Å². The molecule has 0 unspecified atom stereocenters. The van der Waals surface area contributed by atoms with Crippen LogP contribution in [-0.2, 0) is 11.3 Å². The molecule has 0 fully saturated rings. The summed E-state index contributed by atoms with van der Waals surface area (Å²) in [6.07, 6.45) is 1.67. The van der Waals surface area contributed by atoms with Crippen molar-refractivity contribution in [2.45, 2.75) is 51.2 Å². The lowest BCUT2D eigenvalue weighted by atomic mass is 9.92. The van der Waals surface area contributed by atoms with Crippen LogP contribution in [-0.4, -0.2) is 21.2 Å². The summed E-state index contributed by atoms with van der Waals surface area (Å²) in [4.78, 5) is 30.9. The van der Waals surface area contributed by atoms with Crippen molar-refractivity contribution in [2.24, 2.45) is 0 Å². The van der Waals surface area contributed by atoms with Gasteiger partial charge in [0, 0.05) is 12.2 Å². The number of fused-ring (bicyclic) bond motifs is 1. The molecule has 3 rings (SSSR count). The zero-order valence-corrected chi connectivity index (χ0v) is 19.4. The number of nitrogens with one attached hydrogen (secondary N) is 1. The third kappa shape index (κ3) is 4.68. The lowest BCUT2D eigenvalue weighted by Gasteiger charge is -2.20. The second kappa shape index (κ2) is 9.62. The van der Waals surface area contributed by atoms with Crippen LogP contribution in [0.5, 0.6) is 0 Å². The Kier molecular flexibility index (Phi) is 7.15. The van der Waals surface area contributed by atoms with E-state index in [0.29, 0.717) is 33.8 Å². The molecule has 0 bridgehead atoms. The first-order valence-corrected chi connectivity index (χ1v) is 11.8. The number of carbonyl (C=O) groups excluding carboxylic acids is 1. The predicted molar refractivity (Wildman–Crippen MR) is 128 cm³/mol. The minimum Gasteiger partial charge on any atom is -0.325 e. The van der Waals surface area contributed by atoms with Crippen LogP contribution < -0.4 is 10.9 Å². The number of thiophene rings is 1. The molecule has 1 N–H and O–H groups in total. The number of benzene rings is 1. The fraction of sp³-hybridized carbons (Fsp3) is 0.348. The van der Waals surface area contributed by atoms with Crippen LogP contribution in [0, 0.1) is 0 Å². The predicted octanol–water partition coefficient (Wildman–Crippen LogP) is 5.62. The van der Waals surface area contributed by atoms with Crippen LogP contribution in [0.3, 0.4) is 0 Å². The summed E-state index contributed by atoms with van der Waals surface area (Å²) in [5, 5.41) is 6.11. The van der Waals surface area contributed by atoms with E-state index < -0.39 is 0 Å². The smallest absolute Gasteiger partial charge is 0.263 e. The second-order valence-corrected chi connectivity index (χ2v) is 9.53. The third-order valence-corrected chi connectivity index (χ3v) is 6.61. The van der Waals surface area contributed by atoms with Crippen LogP contribution in [0.2, 0.25) is 0 Å². The highest BCUT2D eigenvalue weighted by atomic mass is 32.2. The minimum absolute atomic E-state index is 0.101. The molecule has 1 amide bonds. The number of carbonyl (C=O) groups is 1. The summed E-state index contributed by atoms with van der Waals surface area (Å²) >= 11 is 2.70. The lowest BCUT2D eigenvalue weighted by Crippen LogP contribution is -2.23. The van der Waals surface area contributed by atoms with Crippen LogP contribution in [0.15, 0.2) is 52.3 Å². The molecule has 0 saturated heterocycles. The first-order valence-electron chi connectivity index (χ1n) is 9.97. The van der Waals surface area contributed by atoms with Crippen molar-refractivity contribution in [1.82, 2.24) is 9.55 Å². The van der Waals surface area contributed by atoms with Gasteiger partial charge in [-0.3, -0.25) is 14.2 Å². The molecular weight excluding hydrogens is 414 g/mol. The molecule has 0 spiro atoms. The van der Waals surface area contributed by atoms with Crippen molar-refractivity contribution in [3.05, 3.63) is 63.8 Å². The number of rotatable bonds is 8. The number of amides is 1. The normalized spacial score (nSPS) is 11.4. The molecule has 158 valence electrons. The topological polar surface area (TPSA) is 64.0 Å². The van der Waals surface area contributed by atoms with Gasteiger partial charge in [-0.05, 0) is 34.4 Å². The maximum atomic E-state index is 12.8. The van der Waals surface area contributed by atoms with Crippen molar-refractivity contribution in [2.75, 3.05) is 11.1 Å². The van der Waals surface area contributed by atoms with Crippen molar-refractivity contribution >= 4 is 44.9 Å². The number of aromatic nitrogens is 2. The second-order valence-electron chi connectivity index (χ2n) is 7.70. The largest absolute Gasteiger partial charge is 0.325 e. The summed E-state index contributed by atoms with van der Waals surface area (Å²) in [5.74, 6) is 0.657. The zero-order valence-electron chi connectivity index (χ0n) is 17.8. The number of hydrogen-bond donors (Lipinski definition) is 1. The average molecular weight is 442 g/mol. The minimum atomic E-state index is -0.110. The number of hydrogen-bond acceptors (Lipinski definition) is 5. The number of para-hydroxylation sites is 1. The van der Waals surface area contributed by atoms with Crippen LogP contribution in [0.4, 0.5) is 5.69 Å². The maximum Gasteiger partial charge on any atom is 0.263 e. The quantitative estimate of drug-likeness (QED) is 0.280. The number of anilines is 1. The fourth-order valence-electron chi connectivity index (χ4n) is 3.33. The first-order chi connectivity index (χ1) is 14.3. The molecule has 1 aromatic carbocycles. The molecule has 5 nitrogen and oxygen atoms in total. The van der Waals surface area contributed by atoms with Gasteiger partial charge in [0.2, 0.25) is 5.91 Å². The zero-order chi connectivity index (χ0) is 21.8. The number of allylic oxidation sites excluding steroid dienone is 1. The van der Waals surface area contributed by atoms with Gasteiger partial charge in [-0.1, -0.05) is 63.7 Å². The number of nitrogens with zero attached hydrogens (tertiary/aromatic N) is 2. The Morgan fingerprint density at radius 1 is 1.23 bits per heavy atom. The van der Waals surface area contributed by atoms with Crippen molar-refractivity contribution in [3.8, 4) is 0 Å². The molecule has 0 saturated carbocycles. The van der Waals surface area contributed by atoms with E-state index in [9.17, 15) is 9.59 Å². The van der Waals surface area contributed by atoms with Gasteiger partial charge in [-0.15, -0.1) is 17.9 Å². The molecule has 0 atom stereocenters. The maximum absolute atomic E-state index is 12.8. The summed E-state index contributed by atoms with van der Waals surface area (Å²) in [6, 6.07) is 7.95. The summed E-state index contributed by atoms with van der Waals surface area (Å²) in [5.41, 5.74) is 3.05. The Hall–Kier alpha value is -2.38. The molecule has 3 aromatic rings. The van der Waals surface area contributed by atoms with Crippen LogP contribution in [0.25, 0.3) is 10.2 Å². The van der Waals surface area contributed by atoms with Gasteiger partial charge in [0.1, 0.15) is 4.83 Å². The Morgan fingerprint density at radius 2 is 1.90 bits per heavy atom. The highest BCUT2D eigenvalue weighted by Gasteiger charge is 2.17. The van der Waals surface area contributed by atoms with E-state index in [1.54, 1.807) is 16.7 Å². The van der Waals surface area contributed by atoms with Gasteiger partial charge in [0.25, 0.3) is 5.56 Å². The van der Waals surface area contributed by atoms with E-state index in [1.807, 2.05) is 11.4 Å². The van der Waals surface area contributed by atoms with E-state index >= 15 is 0 Å². The first kappa shape index (κ1) is 22.3. The molecule has 0 aliphatic carbocycles. The molecule has 2 aromatic heterocycles. The molecule has 30 heavy (non-hydrogen) atoms. The van der Waals surface area contributed by atoms with Crippen molar-refractivity contribution in [1.29, 1.82) is 0 Å². The SMILES string of the molecule is C=CCn1c(SCC(=O)Nc2c(C(C)C)cccc2C(C)C)nc2sccc2c1=O. The van der Waals surface area contributed by atoms with Gasteiger partial charge in [0.15, 0.2) is 5.16 Å². The lowest BCUT2D eigenvalue weighted by molar-refractivity contribution is -0.113. The fourth-order valence-corrected chi connectivity index (χ4v) is 4.95. The van der Waals surface area contributed by atoms with E-state index in [1.165, 1.54) is 23.1 Å². The van der Waals surface area contributed by atoms with E-state index in [-0.39, 0.29) is 17.2 Å². The highest BCUT2D eigenvalue weighted by Crippen LogP contribution is 2.32. The van der Waals surface area contributed by atoms with Crippen molar-refractivity contribution in [3.63, 3.8) is 0 Å². The molecule has 0 aliphatic rings. The average Bonchev–Trinajstić information content (AvgIpc) is 3.17. The molecule has 7 heteroatoms. The van der Waals surface area contributed by atoms with Crippen molar-refractivity contribution < 1.29 is 4.79 Å². The van der Waals surface area contributed by atoms with E-state index in [4.69, 9.17) is 0 Å². The van der Waals surface area contributed by atoms with Gasteiger partial charge < -0.3 is 5.32 Å². The third-order valence-electron chi connectivity index (χ3n) is 4.83. The van der Waals surface area contributed by atoms with Gasteiger partial charge in [-0.2, -0.15) is 0 Å². The van der Waals surface area contributed by atoms with E-state index in [2.05, 4.69) is 56.7 Å². The monoisotopic (exact) mass is 441 g/mol. The molecular formula is C23H27N3O2S2. The van der Waals surface area contributed by atoms with Gasteiger partial charge in [-0.25, -0.2) is 4.98 Å². The Balaban J connectivity index is 1.85. The Bertz CT molecular complexity index is 1100. The Morgan fingerprint density at radius 3 is 2.50 bits per heavy atom. The Labute approximate surface area is 185 Å². The molecule has 0 aliphatic heterocycles.